The third-order valence-electron chi connectivity index (χ3n) is 5.07. The van der Waals surface area contributed by atoms with E-state index in [2.05, 4.69) is 5.43 Å². The number of nitrogens with two attached hydrogens (primary N) is 2. The number of carbonyl (C=O) groups is 2. The fourth-order valence-corrected chi connectivity index (χ4v) is 3.29. The first kappa shape index (κ1) is 30.9. The molecule has 1 aliphatic carbocycles. The lowest BCUT2D eigenvalue weighted by Gasteiger charge is -2.24. The lowest BCUT2D eigenvalue weighted by atomic mass is 9.98. The van der Waals surface area contributed by atoms with Crippen molar-refractivity contribution in [3.05, 3.63) is 41.9 Å². The van der Waals surface area contributed by atoms with Crippen molar-refractivity contribution in [3.63, 3.8) is 0 Å². The summed E-state index contributed by atoms with van der Waals surface area (Å²) >= 11 is 0. The number of rotatable bonds is 10. The van der Waals surface area contributed by atoms with Crippen LogP contribution in [0, 0.1) is 0 Å². The highest BCUT2D eigenvalue weighted by molar-refractivity contribution is 5.88. The number of esters is 1. The maximum Gasteiger partial charge on any atom is 0.410 e. The third kappa shape index (κ3) is 13.1. The van der Waals surface area contributed by atoms with E-state index >= 15 is 0 Å². The van der Waals surface area contributed by atoms with Gasteiger partial charge in [0.2, 0.25) is 5.88 Å². The molecule has 0 atom stereocenters. The van der Waals surface area contributed by atoms with Gasteiger partial charge in [-0.3, -0.25) is 5.84 Å². The first-order chi connectivity index (χ1) is 17.1. The Balaban J connectivity index is 0.000000362. The minimum Gasteiger partial charge on any atom is -0.494 e. The normalized spacial score (nSPS) is 14.4. The molecule has 1 fully saturated rings. The van der Waals surface area contributed by atoms with E-state index < -0.39 is 11.6 Å². The Bertz CT molecular complexity index is 804. The Hall–Kier alpha value is -3.14. The van der Waals surface area contributed by atoms with Gasteiger partial charge in [0.25, 0.3) is 0 Å². The predicted molar refractivity (Wildman–Crippen MR) is 139 cm³/mol. The molecule has 1 saturated carbocycles. The lowest BCUT2D eigenvalue weighted by molar-refractivity contribution is -0.139. The Morgan fingerprint density at radius 1 is 1.11 bits per heavy atom. The van der Waals surface area contributed by atoms with Gasteiger partial charge in [0.15, 0.2) is 5.70 Å². The maximum absolute atomic E-state index is 11.7. The molecule has 0 radical (unpaired) electrons. The van der Waals surface area contributed by atoms with Gasteiger partial charge in [0, 0.05) is 13.6 Å². The number of hydrogen-bond donors (Lipinski definition) is 3. The molecular weight excluding hydrogens is 464 g/mol. The molecule has 0 saturated heterocycles. The second-order valence-electron chi connectivity index (χ2n) is 9.40. The molecule has 0 unspecified atom stereocenters. The zero-order valence-corrected chi connectivity index (χ0v) is 22.4. The molecule has 1 amide bonds. The number of hydrogen-bond acceptors (Lipinski definition) is 9. The Morgan fingerprint density at radius 2 is 1.75 bits per heavy atom. The summed E-state index contributed by atoms with van der Waals surface area (Å²) < 4.78 is 21.2. The average molecular weight is 509 g/mol. The minimum absolute atomic E-state index is 0.0119. The summed E-state index contributed by atoms with van der Waals surface area (Å²) in [5.41, 5.74) is 7.47. The maximum atomic E-state index is 11.7. The molecular formula is C26H44N4O6. The zero-order chi connectivity index (χ0) is 27.0. The van der Waals surface area contributed by atoms with Crippen LogP contribution < -0.4 is 21.7 Å². The van der Waals surface area contributed by atoms with Crippen LogP contribution in [-0.2, 0) is 19.0 Å². The molecule has 1 aromatic rings. The Labute approximate surface area is 215 Å². The van der Waals surface area contributed by atoms with Crippen LogP contribution in [0.25, 0.3) is 0 Å². The van der Waals surface area contributed by atoms with Crippen LogP contribution in [0.3, 0.4) is 0 Å². The Morgan fingerprint density at radius 3 is 2.31 bits per heavy atom. The van der Waals surface area contributed by atoms with Gasteiger partial charge in [-0.1, -0.05) is 24.6 Å². The van der Waals surface area contributed by atoms with E-state index in [1.807, 2.05) is 51.1 Å². The van der Waals surface area contributed by atoms with Crippen LogP contribution in [0.1, 0.15) is 66.2 Å². The average Bonchev–Trinajstić information content (AvgIpc) is 2.83. The second-order valence-corrected chi connectivity index (χ2v) is 9.40. The zero-order valence-electron chi connectivity index (χ0n) is 22.4. The van der Waals surface area contributed by atoms with E-state index in [9.17, 15) is 9.59 Å². The number of nitrogens with zero attached hydrogens (tertiary/aromatic N) is 1. The largest absolute Gasteiger partial charge is 0.494 e. The minimum atomic E-state index is -0.594. The van der Waals surface area contributed by atoms with E-state index in [1.165, 1.54) is 6.42 Å². The Kier molecular flexibility index (Phi) is 14.2. The molecule has 0 heterocycles. The van der Waals surface area contributed by atoms with Crippen molar-refractivity contribution >= 4 is 12.1 Å². The molecule has 1 aromatic carbocycles. The van der Waals surface area contributed by atoms with Crippen molar-refractivity contribution in [2.45, 2.75) is 77.9 Å². The van der Waals surface area contributed by atoms with E-state index in [1.54, 1.807) is 18.9 Å². The standard InChI is InChI=1S/C15H23NO3.C11H21N3O3/c1-15(2,3)19-14(17)16(4)11-8-12-18-13-9-6-5-7-10-13;1-2-16-11(15)9(14-13)10(12)17-8-6-4-3-5-7-8/h5-7,9-10H,8,11-12H2,1-4H3;8,14H,2-7,12-13H2,1H3/b;10-9+. The first-order valence-electron chi connectivity index (χ1n) is 12.5. The highest BCUT2D eigenvalue weighted by Crippen LogP contribution is 2.22. The summed E-state index contributed by atoms with van der Waals surface area (Å²) in [7, 11) is 1.73. The van der Waals surface area contributed by atoms with E-state index in [0.717, 1.165) is 37.9 Å². The third-order valence-corrected chi connectivity index (χ3v) is 5.07. The summed E-state index contributed by atoms with van der Waals surface area (Å²) in [6.45, 7) is 8.75. The second kappa shape index (κ2) is 16.5. The van der Waals surface area contributed by atoms with Crippen LogP contribution in [0.4, 0.5) is 4.79 Å². The molecule has 0 aliphatic heterocycles. The fourth-order valence-electron chi connectivity index (χ4n) is 3.29. The van der Waals surface area contributed by atoms with Gasteiger partial charge >= 0.3 is 12.1 Å². The van der Waals surface area contributed by atoms with Crippen LogP contribution in [0.15, 0.2) is 41.9 Å². The van der Waals surface area contributed by atoms with Crippen molar-refractivity contribution in [3.8, 4) is 5.75 Å². The van der Waals surface area contributed by atoms with Gasteiger partial charge in [-0.25, -0.2) is 9.59 Å². The van der Waals surface area contributed by atoms with Crippen LogP contribution >= 0.6 is 0 Å². The summed E-state index contributed by atoms with van der Waals surface area (Å²) in [5, 5.41) is 0. The van der Waals surface area contributed by atoms with Crippen molar-refractivity contribution in [2.75, 3.05) is 26.8 Å². The van der Waals surface area contributed by atoms with E-state index in [0.29, 0.717) is 13.2 Å². The highest BCUT2D eigenvalue weighted by atomic mass is 16.6. The fraction of sp³-hybridized carbons (Fsp3) is 0.615. The predicted octanol–water partition coefficient (Wildman–Crippen LogP) is 3.81. The smallest absolute Gasteiger partial charge is 0.410 e. The molecule has 10 heteroatoms. The quantitative estimate of drug-likeness (QED) is 0.107. The number of carbonyl (C=O) groups excluding carboxylic acids is 2. The molecule has 5 N–H and O–H groups in total. The van der Waals surface area contributed by atoms with Gasteiger partial charge in [0.1, 0.15) is 17.5 Å². The van der Waals surface area contributed by atoms with Crippen molar-refractivity contribution in [1.82, 2.24) is 10.3 Å². The number of nitrogens with one attached hydrogen (secondary N) is 1. The summed E-state index contributed by atoms with van der Waals surface area (Å²) in [4.78, 5) is 24.7. The van der Waals surface area contributed by atoms with E-state index in [4.69, 9.17) is 30.5 Å². The van der Waals surface area contributed by atoms with Crippen LogP contribution in [0.5, 0.6) is 5.75 Å². The number of hydrazine groups is 1. The first-order valence-corrected chi connectivity index (χ1v) is 12.5. The molecule has 36 heavy (non-hydrogen) atoms. The molecule has 204 valence electrons. The molecule has 0 spiro atoms. The van der Waals surface area contributed by atoms with E-state index in [-0.39, 0.29) is 30.4 Å². The van der Waals surface area contributed by atoms with Crippen LogP contribution in [-0.4, -0.2) is 55.5 Å². The number of ether oxygens (including phenoxy) is 4. The number of benzene rings is 1. The summed E-state index contributed by atoms with van der Waals surface area (Å²) in [6.07, 6.45) is 5.94. The highest BCUT2D eigenvalue weighted by Gasteiger charge is 2.21. The van der Waals surface area contributed by atoms with Gasteiger partial charge in [-0.05, 0) is 71.9 Å². The van der Waals surface area contributed by atoms with Gasteiger partial charge < -0.3 is 35.0 Å². The van der Waals surface area contributed by atoms with Gasteiger partial charge in [0.05, 0.1) is 13.2 Å². The number of para-hydroxylation sites is 1. The summed E-state index contributed by atoms with van der Waals surface area (Å²) in [6, 6.07) is 9.64. The molecule has 1 aliphatic rings. The monoisotopic (exact) mass is 508 g/mol. The number of amides is 1. The molecule has 2 rings (SSSR count). The molecule has 0 bridgehead atoms. The topological polar surface area (TPSA) is 138 Å². The van der Waals surface area contributed by atoms with Crippen molar-refractivity contribution in [2.24, 2.45) is 11.6 Å². The SMILES string of the molecule is CCOC(=O)/C(NN)=C(/N)OC1CCCCC1.CN(CCCOc1ccccc1)C(=O)OC(C)(C)C. The van der Waals surface area contributed by atoms with Gasteiger partial charge in [-0.15, -0.1) is 0 Å². The molecule has 10 nitrogen and oxygen atoms in total. The van der Waals surface area contributed by atoms with Crippen LogP contribution in [0.2, 0.25) is 0 Å². The van der Waals surface area contributed by atoms with Crippen molar-refractivity contribution in [1.29, 1.82) is 0 Å². The van der Waals surface area contributed by atoms with Crippen molar-refractivity contribution < 1.29 is 28.5 Å². The van der Waals surface area contributed by atoms with Gasteiger partial charge in [-0.2, -0.15) is 0 Å². The summed E-state index contributed by atoms with van der Waals surface area (Å²) in [5.74, 6) is 5.51. The lowest BCUT2D eigenvalue weighted by Crippen LogP contribution is -2.35. The molecule has 0 aromatic heterocycles.